The molecule has 0 aliphatic heterocycles. The Morgan fingerprint density at radius 3 is 2.32 bits per heavy atom. The molecule has 1 aromatic heterocycles. The molecule has 0 fully saturated rings. The molecule has 0 aliphatic carbocycles. The Hall–Kier alpha value is -3.50. The van der Waals surface area contributed by atoms with E-state index in [4.69, 9.17) is 4.42 Å². The molecule has 2 aromatic carbocycles. The smallest absolute Gasteiger partial charge is 0.243 e. The van der Waals surface area contributed by atoms with Crippen molar-refractivity contribution >= 4 is 27.5 Å². The monoisotopic (exact) mass is 487 g/mol. The predicted octanol–water partition coefficient (Wildman–Crippen LogP) is 3.13. The standard InChI is InChI=1S/C24H26FN3O5S/c1-3-22(24(30)26-15-20-5-4-14-33-20)28(19-10-8-18(25)9-11-19)23(29)16-27-34(31,32)21-12-6-17(2)7-13-21/h4-14,22,27H,3,15-16H2,1-2H3,(H,26,30). The Morgan fingerprint density at radius 1 is 1.06 bits per heavy atom. The van der Waals surface area contributed by atoms with Crippen molar-refractivity contribution in [3.8, 4) is 0 Å². The number of halogens is 1. The highest BCUT2D eigenvalue weighted by Crippen LogP contribution is 2.20. The van der Waals surface area contributed by atoms with Crippen molar-refractivity contribution < 1.29 is 26.8 Å². The highest BCUT2D eigenvalue weighted by Gasteiger charge is 2.30. The SMILES string of the molecule is CCC(C(=O)NCc1ccco1)N(C(=O)CNS(=O)(=O)c1ccc(C)cc1)c1ccc(F)cc1. The summed E-state index contributed by atoms with van der Waals surface area (Å²) in [6.45, 7) is 3.08. The summed E-state index contributed by atoms with van der Waals surface area (Å²) in [7, 11) is -3.96. The van der Waals surface area contributed by atoms with Gasteiger partial charge in [0.25, 0.3) is 0 Å². The minimum absolute atomic E-state index is 0.0162. The molecule has 180 valence electrons. The van der Waals surface area contributed by atoms with E-state index in [1.54, 1.807) is 31.2 Å². The summed E-state index contributed by atoms with van der Waals surface area (Å²) in [5, 5.41) is 2.72. The van der Waals surface area contributed by atoms with E-state index in [1.165, 1.54) is 47.6 Å². The van der Waals surface area contributed by atoms with E-state index < -0.39 is 40.2 Å². The van der Waals surface area contributed by atoms with Crippen LogP contribution in [0.5, 0.6) is 0 Å². The molecular formula is C24H26FN3O5S. The number of hydrogen-bond acceptors (Lipinski definition) is 5. The van der Waals surface area contributed by atoms with Crippen LogP contribution in [0.4, 0.5) is 10.1 Å². The number of furan rings is 1. The van der Waals surface area contributed by atoms with Crippen molar-refractivity contribution in [3.63, 3.8) is 0 Å². The van der Waals surface area contributed by atoms with Gasteiger partial charge in [-0.15, -0.1) is 0 Å². The topological polar surface area (TPSA) is 109 Å². The normalized spacial score (nSPS) is 12.2. The third kappa shape index (κ3) is 6.30. The van der Waals surface area contributed by atoms with E-state index in [0.717, 1.165) is 5.56 Å². The fourth-order valence-corrected chi connectivity index (χ4v) is 4.31. The van der Waals surface area contributed by atoms with Crippen LogP contribution in [0.25, 0.3) is 0 Å². The minimum Gasteiger partial charge on any atom is -0.467 e. The molecule has 2 N–H and O–H groups in total. The lowest BCUT2D eigenvalue weighted by Gasteiger charge is -2.30. The molecule has 1 atom stereocenters. The molecule has 3 rings (SSSR count). The Labute approximate surface area is 197 Å². The Bertz CT molecular complexity index is 1210. The fourth-order valence-electron chi connectivity index (χ4n) is 3.33. The zero-order chi connectivity index (χ0) is 24.7. The Balaban J connectivity index is 1.81. The van der Waals surface area contributed by atoms with E-state index in [2.05, 4.69) is 10.0 Å². The van der Waals surface area contributed by atoms with E-state index in [-0.39, 0.29) is 23.5 Å². The van der Waals surface area contributed by atoms with E-state index >= 15 is 0 Å². The summed E-state index contributed by atoms with van der Waals surface area (Å²) in [6.07, 6.45) is 1.71. The van der Waals surface area contributed by atoms with Gasteiger partial charge in [0.1, 0.15) is 17.6 Å². The predicted molar refractivity (Wildman–Crippen MR) is 125 cm³/mol. The van der Waals surface area contributed by atoms with Gasteiger partial charge in [-0.1, -0.05) is 24.6 Å². The molecule has 0 saturated carbocycles. The van der Waals surface area contributed by atoms with Gasteiger partial charge in [0.15, 0.2) is 0 Å². The van der Waals surface area contributed by atoms with Crippen LogP contribution >= 0.6 is 0 Å². The first-order chi connectivity index (χ1) is 16.2. The van der Waals surface area contributed by atoms with Gasteiger partial charge < -0.3 is 9.73 Å². The van der Waals surface area contributed by atoms with Crippen molar-refractivity contribution in [2.24, 2.45) is 0 Å². The van der Waals surface area contributed by atoms with Crippen molar-refractivity contribution in [2.75, 3.05) is 11.4 Å². The van der Waals surface area contributed by atoms with Crippen LogP contribution in [-0.4, -0.2) is 32.8 Å². The van der Waals surface area contributed by atoms with Crippen molar-refractivity contribution in [1.82, 2.24) is 10.0 Å². The molecule has 0 aliphatic rings. The van der Waals surface area contributed by atoms with E-state index in [0.29, 0.717) is 5.76 Å². The summed E-state index contributed by atoms with van der Waals surface area (Å²) in [6, 6.07) is 13.7. The van der Waals surface area contributed by atoms with Crippen molar-refractivity contribution in [3.05, 3.63) is 84.1 Å². The average Bonchev–Trinajstić information content (AvgIpc) is 3.34. The molecule has 3 aromatic rings. The second-order valence-electron chi connectivity index (χ2n) is 7.60. The molecule has 0 bridgehead atoms. The summed E-state index contributed by atoms with van der Waals surface area (Å²) >= 11 is 0. The van der Waals surface area contributed by atoms with Gasteiger partial charge in [-0.05, 0) is 61.9 Å². The van der Waals surface area contributed by atoms with Crippen molar-refractivity contribution in [1.29, 1.82) is 0 Å². The number of carbonyl (C=O) groups is 2. The molecule has 2 amide bonds. The second-order valence-corrected chi connectivity index (χ2v) is 9.37. The van der Waals surface area contributed by atoms with Gasteiger partial charge in [-0.3, -0.25) is 14.5 Å². The first-order valence-corrected chi connectivity index (χ1v) is 12.1. The number of aryl methyl sites for hydroxylation is 1. The summed E-state index contributed by atoms with van der Waals surface area (Å²) in [5.41, 5.74) is 1.16. The van der Waals surface area contributed by atoms with Gasteiger partial charge in [0.2, 0.25) is 21.8 Å². The number of hydrogen-bond donors (Lipinski definition) is 2. The average molecular weight is 488 g/mol. The van der Waals surface area contributed by atoms with Gasteiger partial charge in [-0.2, -0.15) is 0 Å². The highest BCUT2D eigenvalue weighted by molar-refractivity contribution is 7.89. The molecular weight excluding hydrogens is 461 g/mol. The number of carbonyl (C=O) groups excluding carboxylic acids is 2. The van der Waals surface area contributed by atoms with Gasteiger partial charge >= 0.3 is 0 Å². The summed E-state index contributed by atoms with van der Waals surface area (Å²) in [4.78, 5) is 27.3. The molecule has 0 spiro atoms. The highest BCUT2D eigenvalue weighted by atomic mass is 32.2. The molecule has 0 saturated heterocycles. The maximum Gasteiger partial charge on any atom is 0.243 e. The molecule has 10 heteroatoms. The number of amides is 2. The van der Waals surface area contributed by atoms with Crippen LogP contribution in [-0.2, 0) is 26.2 Å². The van der Waals surface area contributed by atoms with Gasteiger partial charge in [0.05, 0.1) is 24.2 Å². The largest absolute Gasteiger partial charge is 0.467 e. The molecule has 8 nitrogen and oxygen atoms in total. The third-order valence-electron chi connectivity index (χ3n) is 5.14. The number of benzene rings is 2. The molecule has 1 heterocycles. The van der Waals surface area contributed by atoms with Gasteiger partial charge in [0, 0.05) is 5.69 Å². The Morgan fingerprint density at radius 2 is 1.74 bits per heavy atom. The zero-order valence-electron chi connectivity index (χ0n) is 18.8. The maximum atomic E-state index is 13.5. The Kier molecular flexibility index (Phi) is 8.19. The number of nitrogens with zero attached hydrogens (tertiary/aromatic N) is 1. The molecule has 1 unspecified atom stereocenters. The van der Waals surface area contributed by atoms with Gasteiger partial charge in [-0.25, -0.2) is 17.5 Å². The van der Waals surface area contributed by atoms with E-state index in [9.17, 15) is 22.4 Å². The van der Waals surface area contributed by atoms with Crippen LogP contribution < -0.4 is 14.9 Å². The lowest BCUT2D eigenvalue weighted by molar-refractivity contribution is -0.126. The lowest BCUT2D eigenvalue weighted by atomic mass is 10.1. The molecule has 0 radical (unpaired) electrons. The van der Waals surface area contributed by atoms with Crippen molar-refractivity contribution in [2.45, 2.75) is 37.8 Å². The third-order valence-corrected chi connectivity index (χ3v) is 6.55. The number of anilines is 1. The quantitative estimate of drug-likeness (QED) is 0.457. The minimum atomic E-state index is -3.96. The van der Waals surface area contributed by atoms with Crippen LogP contribution in [0.15, 0.2) is 76.2 Å². The fraction of sp³-hybridized carbons (Fsp3) is 0.250. The number of rotatable bonds is 10. The van der Waals surface area contributed by atoms with Crippen LogP contribution in [0.2, 0.25) is 0 Å². The molecule has 34 heavy (non-hydrogen) atoms. The first kappa shape index (κ1) is 25.1. The zero-order valence-corrected chi connectivity index (χ0v) is 19.6. The summed E-state index contributed by atoms with van der Waals surface area (Å²) < 4.78 is 46.3. The van der Waals surface area contributed by atoms with Crippen LogP contribution in [0.3, 0.4) is 0 Å². The first-order valence-electron chi connectivity index (χ1n) is 10.7. The van der Waals surface area contributed by atoms with E-state index in [1.807, 2.05) is 6.92 Å². The van der Waals surface area contributed by atoms with Crippen LogP contribution in [0.1, 0.15) is 24.7 Å². The maximum absolute atomic E-state index is 13.5. The summed E-state index contributed by atoms with van der Waals surface area (Å²) in [5.74, 6) is -1.10. The number of nitrogens with one attached hydrogen (secondary N) is 2. The number of sulfonamides is 1. The lowest BCUT2D eigenvalue weighted by Crippen LogP contribution is -2.52. The van der Waals surface area contributed by atoms with Crippen LogP contribution in [0, 0.1) is 12.7 Å². The second kappa shape index (κ2) is 11.1.